The van der Waals surface area contributed by atoms with Crippen LogP contribution in [-0.4, -0.2) is 17.8 Å². The minimum absolute atomic E-state index is 0.746. The third-order valence-electron chi connectivity index (χ3n) is 3.85. The van der Waals surface area contributed by atoms with Crippen molar-refractivity contribution in [3.8, 4) is 17.0 Å². The predicted molar refractivity (Wildman–Crippen MR) is 110 cm³/mol. The van der Waals surface area contributed by atoms with Crippen LogP contribution in [-0.2, 0) is 0 Å². The molecule has 3 rings (SSSR count). The van der Waals surface area contributed by atoms with Crippen LogP contribution in [0.25, 0.3) is 11.3 Å². The Morgan fingerprint density at radius 3 is 2.85 bits per heavy atom. The topological polar surface area (TPSA) is 46.5 Å². The largest absolute Gasteiger partial charge is 0.494 e. The molecule has 1 N–H and O–H groups in total. The van der Waals surface area contributed by atoms with E-state index in [1.165, 1.54) is 16.9 Å². The van der Waals surface area contributed by atoms with Crippen LogP contribution in [0.15, 0.2) is 59.0 Å². The summed E-state index contributed by atoms with van der Waals surface area (Å²) in [6, 6.07) is 16.3. The second-order valence-corrected chi connectivity index (χ2v) is 6.91. The number of aromatic nitrogens is 1. The van der Waals surface area contributed by atoms with Crippen molar-refractivity contribution in [2.24, 2.45) is 5.10 Å². The first kappa shape index (κ1) is 18.1. The Bertz CT molecular complexity index is 856. The number of thiazole rings is 1. The van der Waals surface area contributed by atoms with Crippen LogP contribution in [0, 0.1) is 6.92 Å². The van der Waals surface area contributed by atoms with Gasteiger partial charge >= 0.3 is 0 Å². The number of hydrazone groups is 1. The number of aryl methyl sites for hydroxylation is 1. The van der Waals surface area contributed by atoms with Gasteiger partial charge in [0.1, 0.15) is 5.75 Å². The van der Waals surface area contributed by atoms with E-state index in [-0.39, 0.29) is 0 Å². The Hall–Kier alpha value is -2.66. The van der Waals surface area contributed by atoms with Crippen LogP contribution >= 0.6 is 11.3 Å². The fourth-order valence-electron chi connectivity index (χ4n) is 2.36. The molecule has 0 bridgehead atoms. The number of rotatable bonds is 8. The molecule has 1 aromatic heterocycles. The zero-order valence-electron chi connectivity index (χ0n) is 15.1. The number of hydrogen-bond acceptors (Lipinski definition) is 5. The Balaban J connectivity index is 1.59. The molecular formula is C21H23N3OS. The zero-order valence-corrected chi connectivity index (χ0v) is 15.9. The molecule has 0 radical (unpaired) electrons. The average molecular weight is 366 g/mol. The summed E-state index contributed by atoms with van der Waals surface area (Å²) in [5, 5.41) is 7.09. The second-order valence-electron chi connectivity index (χ2n) is 6.05. The smallest absolute Gasteiger partial charge is 0.203 e. The van der Waals surface area contributed by atoms with Gasteiger partial charge in [-0.25, -0.2) is 4.98 Å². The first-order chi connectivity index (χ1) is 12.7. The molecule has 2 aromatic carbocycles. The third-order valence-corrected chi connectivity index (χ3v) is 4.60. The second kappa shape index (κ2) is 9.15. The number of hydrogen-bond donors (Lipinski definition) is 1. The van der Waals surface area contributed by atoms with Crippen molar-refractivity contribution in [1.82, 2.24) is 4.98 Å². The number of ether oxygens (including phenoxy) is 1. The van der Waals surface area contributed by atoms with E-state index in [4.69, 9.17) is 4.74 Å². The summed E-state index contributed by atoms with van der Waals surface area (Å²) in [4.78, 5) is 4.58. The van der Waals surface area contributed by atoms with E-state index >= 15 is 0 Å². The quantitative estimate of drug-likeness (QED) is 0.314. The Morgan fingerprint density at radius 2 is 2.04 bits per heavy atom. The molecule has 0 aliphatic carbocycles. The van der Waals surface area contributed by atoms with Gasteiger partial charge in [-0.1, -0.05) is 55.3 Å². The highest BCUT2D eigenvalue weighted by molar-refractivity contribution is 7.14. The van der Waals surface area contributed by atoms with Gasteiger partial charge in [0.25, 0.3) is 0 Å². The highest BCUT2D eigenvalue weighted by Crippen LogP contribution is 2.25. The summed E-state index contributed by atoms with van der Waals surface area (Å²) in [5.41, 5.74) is 7.30. The minimum atomic E-state index is 0.746. The van der Waals surface area contributed by atoms with Crippen molar-refractivity contribution in [2.45, 2.75) is 26.7 Å². The molecule has 134 valence electrons. The fourth-order valence-corrected chi connectivity index (χ4v) is 3.03. The molecule has 0 aliphatic heterocycles. The van der Waals surface area contributed by atoms with E-state index in [1.807, 2.05) is 29.6 Å². The number of nitrogens with zero attached hydrogens (tertiary/aromatic N) is 2. The van der Waals surface area contributed by atoms with Gasteiger partial charge in [0.05, 0.1) is 18.5 Å². The molecule has 0 spiro atoms. The number of nitrogens with one attached hydrogen (secondary N) is 1. The molecule has 0 aliphatic rings. The fraction of sp³-hybridized carbons (Fsp3) is 0.238. The highest BCUT2D eigenvalue weighted by Gasteiger charge is 2.03. The average Bonchev–Trinajstić information content (AvgIpc) is 3.12. The van der Waals surface area contributed by atoms with E-state index in [0.717, 1.165) is 47.2 Å². The SMILES string of the molecule is CCCCOc1cccc(/C=N\Nc2nc(-c3ccc(C)cc3)cs2)c1. The lowest BCUT2D eigenvalue weighted by Gasteiger charge is -2.05. The lowest BCUT2D eigenvalue weighted by Crippen LogP contribution is -1.97. The molecule has 0 saturated carbocycles. The molecule has 0 amide bonds. The Morgan fingerprint density at radius 1 is 1.19 bits per heavy atom. The number of benzene rings is 2. The van der Waals surface area contributed by atoms with Gasteiger partial charge in [0.2, 0.25) is 5.13 Å². The summed E-state index contributed by atoms with van der Waals surface area (Å²) in [5.74, 6) is 0.873. The molecular weight excluding hydrogens is 342 g/mol. The third kappa shape index (κ3) is 5.17. The molecule has 0 unspecified atom stereocenters. The van der Waals surface area contributed by atoms with Gasteiger partial charge in [-0.3, -0.25) is 5.43 Å². The zero-order chi connectivity index (χ0) is 18.2. The lowest BCUT2D eigenvalue weighted by molar-refractivity contribution is 0.309. The first-order valence-corrected chi connectivity index (χ1v) is 9.67. The molecule has 26 heavy (non-hydrogen) atoms. The normalized spacial score (nSPS) is 11.0. The summed E-state index contributed by atoms with van der Waals surface area (Å²) >= 11 is 1.54. The minimum Gasteiger partial charge on any atom is -0.494 e. The Labute approximate surface area is 158 Å². The van der Waals surface area contributed by atoms with Crippen molar-refractivity contribution in [1.29, 1.82) is 0 Å². The van der Waals surface area contributed by atoms with Crippen molar-refractivity contribution in [3.05, 3.63) is 65.0 Å². The summed E-state index contributed by atoms with van der Waals surface area (Å²) in [7, 11) is 0. The maximum atomic E-state index is 5.72. The molecule has 0 saturated heterocycles. The van der Waals surface area contributed by atoms with Crippen molar-refractivity contribution in [2.75, 3.05) is 12.0 Å². The Kier molecular flexibility index (Phi) is 6.39. The van der Waals surface area contributed by atoms with Crippen molar-refractivity contribution in [3.63, 3.8) is 0 Å². The maximum absolute atomic E-state index is 5.72. The molecule has 0 atom stereocenters. The number of unbranched alkanes of at least 4 members (excludes halogenated alkanes) is 1. The summed E-state index contributed by atoms with van der Waals surface area (Å²) in [6.07, 6.45) is 3.97. The van der Waals surface area contributed by atoms with Gasteiger partial charge in [-0.2, -0.15) is 5.10 Å². The summed E-state index contributed by atoms with van der Waals surface area (Å²) in [6.45, 7) is 4.98. The molecule has 5 heteroatoms. The maximum Gasteiger partial charge on any atom is 0.203 e. The van der Waals surface area contributed by atoms with E-state index in [1.54, 1.807) is 6.21 Å². The highest BCUT2D eigenvalue weighted by atomic mass is 32.1. The number of anilines is 1. The standard InChI is InChI=1S/C21H23N3OS/c1-3-4-12-25-19-7-5-6-17(13-19)14-22-24-21-23-20(15-26-21)18-10-8-16(2)9-11-18/h5-11,13-15H,3-4,12H2,1-2H3,(H,23,24)/b22-14-. The lowest BCUT2D eigenvalue weighted by atomic mass is 10.1. The van der Waals surface area contributed by atoms with Crippen molar-refractivity contribution >= 4 is 22.7 Å². The van der Waals surface area contributed by atoms with Crippen molar-refractivity contribution < 1.29 is 4.74 Å². The molecule has 0 fully saturated rings. The monoisotopic (exact) mass is 365 g/mol. The van der Waals surface area contributed by atoms with Crippen LogP contribution in [0.3, 0.4) is 0 Å². The van der Waals surface area contributed by atoms with Gasteiger partial charge in [0, 0.05) is 10.9 Å². The molecule has 4 nitrogen and oxygen atoms in total. The van der Waals surface area contributed by atoms with Crippen LogP contribution in [0.2, 0.25) is 0 Å². The van der Waals surface area contributed by atoms with Gasteiger partial charge in [0.15, 0.2) is 0 Å². The van der Waals surface area contributed by atoms with Gasteiger partial charge in [-0.05, 0) is 31.0 Å². The van der Waals surface area contributed by atoms with E-state index in [2.05, 4.69) is 53.6 Å². The van der Waals surface area contributed by atoms with Crippen LogP contribution < -0.4 is 10.2 Å². The van der Waals surface area contributed by atoms with Crippen LogP contribution in [0.1, 0.15) is 30.9 Å². The van der Waals surface area contributed by atoms with Gasteiger partial charge < -0.3 is 4.74 Å². The van der Waals surface area contributed by atoms with Crippen LogP contribution in [0.4, 0.5) is 5.13 Å². The van der Waals surface area contributed by atoms with E-state index < -0.39 is 0 Å². The molecule has 3 aromatic rings. The predicted octanol–water partition coefficient (Wildman–Crippen LogP) is 5.74. The van der Waals surface area contributed by atoms with E-state index in [0.29, 0.717) is 0 Å². The summed E-state index contributed by atoms with van der Waals surface area (Å²) < 4.78 is 5.72. The van der Waals surface area contributed by atoms with Crippen LogP contribution in [0.5, 0.6) is 5.75 Å². The first-order valence-electron chi connectivity index (χ1n) is 8.79. The van der Waals surface area contributed by atoms with E-state index in [9.17, 15) is 0 Å². The van der Waals surface area contributed by atoms with Gasteiger partial charge in [-0.15, -0.1) is 11.3 Å². The molecule has 1 heterocycles.